The predicted molar refractivity (Wildman–Crippen MR) is 83.3 cm³/mol. The van der Waals surface area contributed by atoms with Crippen molar-refractivity contribution in [1.82, 2.24) is 14.8 Å². The molecule has 7 heteroatoms. The van der Waals surface area contributed by atoms with Gasteiger partial charge in [-0.15, -0.1) is 0 Å². The molecule has 1 aliphatic rings. The molecule has 1 amide bonds. The molecule has 0 bridgehead atoms. The van der Waals surface area contributed by atoms with Crippen molar-refractivity contribution in [2.45, 2.75) is 6.54 Å². The Hall–Kier alpha value is -2.73. The molecule has 23 heavy (non-hydrogen) atoms. The van der Waals surface area contributed by atoms with E-state index in [0.29, 0.717) is 22.9 Å². The van der Waals surface area contributed by atoms with Gasteiger partial charge in [0.2, 0.25) is 5.95 Å². The van der Waals surface area contributed by atoms with Crippen molar-refractivity contribution < 1.29 is 9.18 Å². The van der Waals surface area contributed by atoms with E-state index in [1.807, 2.05) is 18.3 Å². The van der Waals surface area contributed by atoms with E-state index < -0.39 is 5.95 Å². The molecule has 5 nitrogen and oxygen atoms in total. The molecule has 1 aromatic carbocycles. The summed E-state index contributed by atoms with van der Waals surface area (Å²) in [5.41, 5.74) is 2.58. The van der Waals surface area contributed by atoms with Crippen LogP contribution in [0.4, 0.5) is 10.1 Å². The van der Waals surface area contributed by atoms with Crippen LogP contribution in [0.25, 0.3) is 5.69 Å². The third-order valence-electron chi connectivity index (χ3n) is 3.68. The molecule has 0 spiro atoms. The van der Waals surface area contributed by atoms with E-state index in [4.69, 9.17) is 11.6 Å². The molecule has 2 aromatic heterocycles. The zero-order valence-corrected chi connectivity index (χ0v) is 12.5. The number of hydrogen-bond donors (Lipinski definition) is 0. The second-order valence-corrected chi connectivity index (χ2v) is 5.59. The van der Waals surface area contributed by atoms with Gasteiger partial charge in [-0.3, -0.25) is 4.79 Å². The van der Waals surface area contributed by atoms with Crippen molar-refractivity contribution in [3.05, 3.63) is 71.0 Å². The lowest BCUT2D eigenvalue weighted by Gasteiger charge is -2.15. The maximum atomic E-state index is 12.9. The third kappa shape index (κ3) is 2.37. The summed E-state index contributed by atoms with van der Waals surface area (Å²) < 4.78 is 14.6. The number of rotatable bonds is 2. The van der Waals surface area contributed by atoms with Crippen LogP contribution in [0.2, 0.25) is 5.02 Å². The fraction of sp³-hybridized carbons (Fsp3) is 0.0625. The summed E-state index contributed by atoms with van der Waals surface area (Å²) in [5, 5.41) is 4.99. The van der Waals surface area contributed by atoms with Crippen LogP contribution >= 0.6 is 11.6 Å². The van der Waals surface area contributed by atoms with Crippen LogP contribution < -0.4 is 4.90 Å². The van der Waals surface area contributed by atoms with Gasteiger partial charge in [0.25, 0.3) is 5.91 Å². The van der Waals surface area contributed by atoms with Crippen molar-refractivity contribution >= 4 is 23.2 Å². The molecule has 0 atom stereocenters. The predicted octanol–water partition coefficient (Wildman–Crippen LogP) is 3.22. The summed E-state index contributed by atoms with van der Waals surface area (Å²) in [6.07, 6.45) is 3.15. The summed E-state index contributed by atoms with van der Waals surface area (Å²) in [6.45, 7) is 0.384. The molecular formula is C16H10ClFN4O. The minimum Gasteiger partial charge on any atom is -0.301 e. The highest BCUT2D eigenvalue weighted by Gasteiger charge is 2.32. The van der Waals surface area contributed by atoms with Gasteiger partial charge in [0.15, 0.2) is 5.69 Å². The SMILES string of the molecule is O=C1c2nn(-c3ccc(Cl)cc3)cc2CN1c1ccc(F)nc1. The molecule has 3 aromatic rings. The molecule has 0 N–H and O–H groups in total. The van der Waals surface area contributed by atoms with Crippen molar-refractivity contribution in [1.29, 1.82) is 0 Å². The minimum atomic E-state index is -0.578. The van der Waals surface area contributed by atoms with Crippen LogP contribution in [0.1, 0.15) is 16.1 Å². The van der Waals surface area contributed by atoms with Crippen LogP contribution in [0, 0.1) is 5.95 Å². The number of halogens is 2. The van der Waals surface area contributed by atoms with E-state index in [1.165, 1.54) is 23.2 Å². The van der Waals surface area contributed by atoms with Gasteiger partial charge in [-0.1, -0.05) is 11.6 Å². The average Bonchev–Trinajstić information content (AvgIpc) is 3.09. The molecule has 0 aliphatic carbocycles. The van der Waals surface area contributed by atoms with Gasteiger partial charge >= 0.3 is 0 Å². The molecule has 0 saturated carbocycles. The Labute approximate surface area is 135 Å². The topological polar surface area (TPSA) is 51.0 Å². The first-order chi connectivity index (χ1) is 11.1. The van der Waals surface area contributed by atoms with Crippen molar-refractivity contribution in [3.8, 4) is 5.69 Å². The second-order valence-electron chi connectivity index (χ2n) is 5.15. The summed E-state index contributed by atoms with van der Waals surface area (Å²) in [6, 6.07) is 9.95. The Morgan fingerprint density at radius 3 is 2.48 bits per heavy atom. The standard InChI is InChI=1S/C16H10ClFN4O/c17-11-1-3-12(4-2-11)22-9-10-8-21(16(23)15(10)20-22)13-5-6-14(18)19-7-13/h1-7,9H,8H2. The number of nitrogens with zero attached hydrogens (tertiary/aromatic N) is 4. The van der Waals surface area contributed by atoms with Crippen molar-refractivity contribution in [3.63, 3.8) is 0 Å². The number of carbonyl (C=O) groups excluding carboxylic acids is 1. The van der Waals surface area contributed by atoms with Crippen molar-refractivity contribution in [2.75, 3.05) is 4.90 Å². The lowest BCUT2D eigenvalue weighted by Crippen LogP contribution is -2.24. The number of pyridine rings is 1. The Kier molecular flexibility index (Phi) is 3.12. The third-order valence-corrected chi connectivity index (χ3v) is 3.93. The molecule has 114 valence electrons. The van der Waals surface area contributed by atoms with Gasteiger partial charge in [-0.2, -0.15) is 9.49 Å². The number of amides is 1. The highest BCUT2D eigenvalue weighted by atomic mass is 35.5. The molecule has 0 fully saturated rings. The Bertz CT molecular complexity index is 889. The normalized spacial score (nSPS) is 13.5. The number of aromatic nitrogens is 3. The van der Waals surface area contributed by atoms with Gasteiger partial charge < -0.3 is 4.90 Å². The van der Waals surface area contributed by atoms with E-state index >= 15 is 0 Å². The van der Waals surface area contributed by atoms with E-state index in [9.17, 15) is 9.18 Å². The Morgan fingerprint density at radius 2 is 1.83 bits per heavy atom. The van der Waals surface area contributed by atoms with Gasteiger partial charge in [0, 0.05) is 16.8 Å². The van der Waals surface area contributed by atoms with E-state index in [1.54, 1.807) is 16.8 Å². The highest BCUT2D eigenvalue weighted by molar-refractivity contribution is 6.30. The summed E-state index contributed by atoms with van der Waals surface area (Å²) in [7, 11) is 0. The molecule has 0 radical (unpaired) electrons. The number of hydrogen-bond acceptors (Lipinski definition) is 3. The first-order valence-electron chi connectivity index (χ1n) is 6.90. The van der Waals surface area contributed by atoms with Crippen LogP contribution in [0.3, 0.4) is 0 Å². The first-order valence-corrected chi connectivity index (χ1v) is 7.27. The maximum absolute atomic E-state index is 12.9. The van der Waals surface area contributed by atoms with Crippen LogP contribution in [-0.2, 0) is 6.54 Å². The lowest BCUT2D eigenvalue weighted by atomic mass is 10.3. The fourth-order valence-electron chi connectivity index (χ4n) is 2.54. The molecule has 0 unspecified atom stereocenters. The van der Waals surface area contributed by atoms with Gasteiger partial charge in [-0.05, 0) is 36.4 Å². The molecule has 3 heterocycles. The number of carbonyl (C=O) groups is 1. The van der Waals surface area contributed by atoms with Crippen molar-refractivity contribution in [2.24, 2.45) is 0 Å². The molecule has 1 aliphatic heterocycles. The molecule has 0 saturated heterocycles. The summed E-state index contributed by atoms with van der Waals surface area (Å²) in [5.74, 6) is -0.799. The smallest absolute Gasteiger partial charge is 0.279 e. The Balaban J connectivity index is 1.65. The van der Waals surface area contributed by atoms with Crippen LogP contribution in [0.15, 0.2) is 48.8 Å². The fourth-order valence-corrected chi connectivity index (χ4v) is 2.66. The number of benzene rings is 1. The quantitative estimate of drug-likeness (QED) is 0.679. The molecular weight excluding hydrogens is 319 g/mol. The zero-order valence-electron chi connectivity index (χ0n) is 11.8. The van der Waals surface area contributed by atoms with E-state index in [-0.39, 0.29) is 5.91 Å². The number of anilines is 1. The summed E-state index contributed by atoms with van der Waals surface area (Å²) in [4.78, 5) is 17.6. The average molecular weight is 329 g/mol. The maximum Gasteiger partial charge on any atom is 0.279 e. The molecule has 4 rings (SSSR count). The van der Waals surface area contributed by atoms with Gasteiger partial charge in [0.1, 0.15) is 0 Å². The second kappa shape index (κ2) is 5.17. The monoisotopic (exact) mass is 328 g/mol. The van der Waals surface area contributed by atoms with Crippen LogP contribution in [-0.4, -0.2) is 20.7 Å². The van der Waals surface area contributed by atoms with E-state index in [2.05, 4.69) is 10.1 Å². The van der Waals surface area contributed by atoms with Crippen LogP contribution in [0.5, 0.6) is 0 Å². The largest absolute Gasteiger partial charge is 0.301 e. The Morgan fingerprint density at radius 1 is 1.09 bits per heavy atom. The first kappa shape index (κ1) is 13.9. The highest BCUT2D eigenvalue weighted by Crippen LogP contribution is 2.28. The zero-order chi connectivity index (χ0) is 16.0. The summed E-state index contributed by atoms with van der Waals surface area (Å²) >= 11 is 5.87. The minimum absolute atomic E-state index is 0.221. The number of fused-ring (bicyclic) bond motifs is 1. The van der Waals surface area contributed by atoms with Gasteiger partial charge in [0.05, 0.1) is 24.1 Å². The van der Waals surface area contributed by atoms with E-state index in [0.717, 1.165) is 11.3 Å². The van der Waals surface area contributed by atoms with Gasteiger partial charge in [-0.25, -0.2) is 9.67 Å². The lowest BCUT2D eigenvalue weighted by molar-refractivity contribution is 0.0991.